The molecule has 0 bridgehead atoms. The molecule has 1 aliphatic rings. The number of aromatic nitrogens is 1. The Morgan fingerprint density at radius 2 is 2.13 bits per heavy atom. The first-order valence-corrected chi connectivity index (χ1v) is 8.64. The van der Waals surface area contributed by atoms with Crippen LogP contribution < -0.4 is 16.9 Å². The summed E-state index contributed by atoms with van der Waals surface area (Å²) in [4.78, 5) is 3.94. The van der Waals surface area contributed by atoms with Gasteiger partial charge in [-0.1, -0.05) is 18.2 Å². The van der Waals surface area contributed by atoms with E-state index in [2.05, 4.69) is 4.98 Å². The van der Waals surface area contributed by atoms with E-state index in [1.54, 1.807) is 18.2 Å². The monoisotopic (exact) mass is 333 g/mol. The minimum atomic E-state index is -3.68. The van der Waals surface area contributed by atoms with Crippen molar-refractivity contribution in [2.45, 2.75) is 23.9 Å². The van der Waals surface area contributed by atoms with Gasteiger partial charge in [-0.3, -0.25) is 0 Å². The Kier molecular flexibility index (Phi) is 4.11. The van der Waals surface area contributed by atoms with Gasteiger partial charge in [-0.2, -0.15) is 0 Å². The standard InChI is InChI=1S/C14H16BN3O4S/c16-5-11-4-12(17)6-18-14(11)23(20,21)8-9-1-2-10-7-22-15(19)13(10)3-9/h1-4,6,19H,5,7-8,16-17H2. The fourth-order valence-corrected chi connectivity index (χ4v) is 4.09. The average molecular weight is 333 g/mol. The van der Waals surface area contributed by atoms with Crippen LogP contribution in [-0.2, 0) is 33.4 Å². The predicted octanol–water partition coefficient (Wildman–Crippen LogP) is -0.686. The lowest BCUT2D eigenvalue weighted by Gasteiger charge is -2.10. The molecule has 9 heteroatoms. The quantitative estimate of drug-likeness (QED) is 0.632. The molecule has 0 saturated carbocycles. The van der Waals surface area contributed by atoms with E-state index in [9.17, 15) is 13.4 Å². The summed E-state index contributed by atoms with van der Waals surface area (Å²) in [6.07, 6.45) is 1.30. The van der Waals surface area contributed by atoms with E-state index < -0.39 is 17.0 Å². The lowest BCUT2D eigenvalue weighted by Crippen LogP contribution is -2.28. The van der Waals surface area contributed by atoms with Crippen LogP contribution in [0.2, 0.25) is 0 Å². The van der Waals surface area contributed by atoms with Crippen molar-refractivity contribution < 1.29 is 18.1 Å². The molecule has 0 amide bonds. The van der Waals surface area contributed by atoms with E-state index in [0.29, 0.717) is 28.9 Å². The van der Waals surface area contributed by atoms with E-state index in [1.165, 1.54) is 12.3 Å². The Labute approximate surface area is 134 Å². The summed E-state index contributed by atoms with van der Waals surface area (Å²) in [6, 6.07) is 6.62. The molecule has 0 unspecified atom stereocenters. The maximum atomic E-state index is 12.6. The Balaban J connectivity index is 1.95. The van der Waals surface area contributed by atoms with Gasteiger partial charge >= 0.3 is 7.12 Å². The van der Waals surface area contributed by atoms with Crippen molar-refractivity contribution >= 4 is 28.1 Å². The molecule has 3 rings (SSSR count). The number of sulfone groups is 1. The fraction of sp³-hybridized carbons (Fsp3) is 0.214. The summed E-state index contributed by atoms with van der Waals surface area (Å²) in [7, 11) is -4.69. The molecule has 2 heterocycles. The predicted molar refractivity (Wildman–Crippen MR) is 86.3 cm³/mol. The molecule has 0 saturated heterocycles. The molecule has 5 N–H and O–H groups in total. The van der Waals surface area contributed by atoms with Crippen molar-refractivity contribution in [3.8, 4) is 0 Å². The van der Waals surface area contributed by atoms with E-state index in [0.717, 1.165) is 5.56 Å². The summed E-state index contributed by atoms with van der Waals surface area (Å²) in [5.41, 5.74) is 14.0. The van der Waals surface area contributed by atoms with Crippen LogP contribution in [0, 0.1) is 0 Å². The van der Waals surface area contributed by atoms with E-state index in [1.807, 2.05) is 0 Å². The number of hydrogen-bond donors (Lipinski definition) is 3. The van der Waals surface area contributed by atoms with Gasteiger partial charge in [-0.15, -0.1) is 0 Å². The molecule has 0 fully saturated rings. The topological polar surface area (TPSA) is 129 Å². The van der Waals surface area contributed by atoms with Crippen molar-refractivity contribution in [2.24, 2.45) is 5.73 Å². The molecular formula is C14H16BN3O4S. The van der Waals surface area contributed by atoms with Crippen LogP contribution >= 0.6 is 0 Å². The van der Waals surface area contributed by atoms with E-state index in [-0.39, 0.29) is 17.3 Å². The second kappa shape index (κ2) is 5.93. The van der Waals surface area contributed by atoms with Crippen LogP contribution in [0.4, 0.5) is 5.69 Å². The smallest absolute Gasteiger partial charge is 0.423 e. The van der Waals surface area contributed by atoms with Gasteiger partial charge in [-0.25, -0.2) is 13.4 Å². The number of rotatable bonds is 4. The van der Waals surface area contributed by atoms with Crippen LogP contribution in [0.5, 0.6) is 0 Å². The maximum Gasteiger partial charge on any atom is 0.491 e. The van der Waals surface area contributed by atoms with Gasteiger partial charge in [0.05, 0.1) is 24.2 Å². The van der Waals surface area contributed by atoms with E-state index in [4.69, 9.17) is 16.1 Å². The molecule has 0 spiro atoms. The third-order valence-electron chi connectivity index (χ3n) is 3.69. The third kappa shape index (κ3) is 3.09. The molecule has 2 aromatic rings. The summed E-state index contributed by atoms with van der Waals surface area (Å²) < 4.78 is 30.3. The minimum absolute atomic E-state index is 0.0311. The molecule has 0 atom stereocenters. The first-order valence-electron chi connectivity index (χ1n) is 6.99. The lowest BCUT2D eigenvalue weighted by atomic mass is 9.79. The highest BCUT2D eigenvalue weighted by atomic mass is 32.2. The van der Waals surface area contributed by atoms with Crippen molar-refractivity contribution in [1.82, 2.24) is 4.98 Å². The highest BCUT2D eigenvalue weighted by Crippen LogP contribution is 2.21. The zero-order valence-electron chi connectivity index (χ0n) is 12.3. The highest BCUT2D eigenvalue weighted by Gasteiger charge is 2.28. The SMILES string of the molecule is NCc1cc(N)cnc1S(=O)(=O)Cc1ccc2c(c1)B(O)OC2. The van der Waals surface area contributed by atoms with Crippen LogP contribution in [-0.4, -0.2) is 25.5 Å². The second-order valence-electron chi connectivity index (χ2n) is 5.39. The van der Waals surface area contributed by atoms with Crippen LogP contribution in [0.1, 0.15) is 16.7 Å². The molecule has 0 radical (unpaired) electrons. The molecule has 1 aliphatic heterocycles. The normalized spacial score (nSPS) is 14.1. The average Bonchev–Trinajstić information content (AvgIpc) is 2.87. The molecule has 23 heavy (non-hydrogen) atoms. The Morgan fingerprint density at radius 1 is 1.35 bits per heavy atom. The Hall–Kier alpha value is -1.94. The second-order valence-corrected chi connectivity index (χ2v) is 7.30. The zero-order valence-corrected chi connectivity index (χ0v) is 13.1. The summed E-state index contributed by atoms with van der Waals surface area (Å²) in [6.45, 7) is 0.351. The summed E-state index contributed by atoms with van der Waals surface area (Å²) in [5, 5.41) is 9.66. The number of hydrogen-bond acceptors (Lipinski definition) is 7. The lowest BCUT2D eigenvalue weighted by molar-refractivity contribution is 0.275. The van der Waals surface area contributed by atoms with Gasteiger partial charge in [0.2, 0.25) is 0 Å². The molecule has 7 nitrogen and oxygen atoms in total. The summed E-state index contributed by atoms with van der Waals surface area (Å²) in [5.74, 6) is -0.239. The number of benzene rings is 1. The maximum absolute atomic E-state index is 12.6. The first-order chi connectivity index (χ1) is 10.9. The molecular weight excluding hydrogens is 317 g/mol. The van der Waals surface area contributed by atoms with Crippen molar-refractivity contribution in [3.63, 3.8) is 0 Å². The molecule has 0 aliphatic carbocycles. The van der Waals surface area contributed by atoms with Crippen molar-refractivity contribution in [2.75, 3.05) is 5.73 Å². The molecule has 120 valence electrons. The minimum Gasteiger partial charge on any atom is -0.423 e. The van der Waals surface area contributed by atoms with Gasteiger partial charge in [0, 0.05) is 12.1 Å². The third-order valence-corrected chi connectivity index (χ3v) is 5.36. The number of anilines is 1. The number of nitrogen functional groups attached to an aromatic ring is 1. The van der Waals surface area contributed by atoms with Crippen LogP contribution in [0.15, 0.2) is 35.5 Å². The van der Waals surface area contributed by atoms with Gasteiger partial charge in [0.1, 0.15) is 0 Å². The van der Waals surface area contributed by atoms with Crippen LogP contribution in [0.3, 0.4) is 0 Å². The van der Waals surface area contributed by atoms with Gasteiger partial charge < -0.3 is 21.1 Å². The Bertz CT molecular complexity index is 857. The van der Waals surface area contributed by atoms with E-state index >= 15 is 0 Å². The van der Waals surface area contributed by atoms with Crippen molar-refractivity contribution in [1.29, 1.82) is 0 Å². The largest absolute Gasteiger partial charge is 0.491 e. The van der Waals surface area contributed by atoms with Gasteiger partial charge in [-0.05, 0) is 22.7 Å². The van der Waals surface area contributed by atoms with Gasteiger partial charge in [0.25, 0.3) is 0 Å². The first kappa shape index (κ1) is 15.9. The van der Waals surface area contributed by atoms with Gasteiger partial charge in [0.15, 0.2) is 14.9 Å². The highest BCUT2D eigenvalue weighted by molar-refractivity contribution is 7.90. The number of nitrogens with two attached hydrogens (primary N) is 2. The fourth-order valence-electron chi connectivity index (χ4n) is 2.58. The Morgan fingerprint density at radius 3 is 2.87 bits per heavy atom. The number of pyridine rings is 1. The van der Waals surface area contributed by atoms with Crippen LogP contribution in [0.25, 0.3) is 0 Å². The molecule has 1 aromatic heterocycles. The molecule has 1 aromatic carbocycles. The zero-order chi connectivity index (χ0) is 16.6. The number of fused-ring (bicyclic) bond motifs is 1. The summed E-state index contributed by atoms with van der Waals surface area (Å²) >= 11 is 0. The number of nitrogens with zero attached hydrogens (tertiary/aromatic N) is 1. The van der Waals surface area contributed by atoms with Crippen molar-refractivity contribution in [3.05, 3.63) is 47.2 Å².